The maximum Gasteiger partial charge on any atom is 0.287 e. The second-order valence-electron chi connectivity index (χ2n) is 5.15. The zero-order chi connectivity index (χ0) is 16.1. The number of hydroxylamine groups is 2. The molecule has 0 radical (unpaired) electrons. The number of aromatic amines is 2. The van der Waals surface area contributed by atoms with Crippen molar-refractivity contribution in [1.82, 2.24) is 15.0 Å². The van der Waals surface area contributed by atoms with Gasteiger partial charge in [0.15, 0.2) is 0 Å². The normalized spacial score (nSPS) is 15.3. The Morgan fingerprint density at radius 3 is 2.57 bits per heavy atom. The molecular formula is C16H10BrN3O3. The number of rotatable bonds is 2. The molecule has 0 aliphatic carbocycles. The number of nitrogens with one attached hydrogen (secondary N) is 2. The van der Waals surface area contributed by atoms with E-state index in [1.807, 2.05) is 18.2 Å². The molecule has 1 aromatic carbocycles. The molecule has 0 fully saturated rings. The van der Waals surface area contributed by atoms with Gasteiger partial charge in [-0.3, -0.25) is 14.8 Å². The number of hydrogen-bond acceptors (Lipinski definition) is 3. The van der Waals surface area contributed by atoms with E-state index in [2.05, 4.69) is 25.9 Å². The molecule has 0 unspecified atom stereocenters. The summed E-state index contributed by atoms with van der Waals surface area (Å²) in [4.78, 5) is 30.7. The summed E-state index contributed by atoms with van der Waals surface area (Å²) in [5, 5.41) is 10.7. The number of H-pyrrole nitrogens is 2. The van der Waals surface area contributed by atoms with Gasteiger partial charge in [-0.25, -0.2) is 0 Å². The monoisotopic (exact) mass is 371 g/mol. The molecule has 2 amide bonds. The first-order valence-corrected chi connectivity index (χ1v) is 7.60. The first-order chi connectivity index (χ1) is 11.1. The van der Waals surface area contributed by atoms with Crippen LogP contribution in [0.1, 0.15) is 11.3 Å². The molecule has 1 aliphatic rings. The number of nitrogens with zero attached hydrogens (tertiary/aromatic N) is 1. The van der Waals surface area contributed by atoms with E-state index < -0.39 is 11.8 Å². The summed E-state index contributed by atoms with van der Waals surface area (Å²) in [6.45, 7) is 0. The van der Waals surface area contributed by atoms with Gasteiger partial charge in [0, 0.05) is 33.3 Å². The van der Waals surface area contributed by atoms with Gasteiger partial charge in [-0.2, -0.15) is 0 Å². The Morgan fingerprint density at radius 1 is 1.04 bits per heavy atom. The number of imide groups is 1. The number of carbonyl (C=O) groups excluding carboxylic acids is 2. The number of carbonyl (C=O) groups is 2. The van der Waals surface area contributed by atoms with Crippen molar-refractivity contribution in [2.45, 2.75) is 0 Å². The van der Waals surface area contributed by atoms with Crippen LogP contribution in [0.3, 0.4) is 0 Å². The fourth-order valence-electron chi connectivity index (χ4n) is 2.80. The molecule has 4 rings (SSSR count). The minimum absolute atomic E-state index is 0.155. The number of amides is 2. The topological polar surface area (TPSA) is 89.2 Å². The Kier molecular flexibility index (Phi) is 3.00. The molecule has 0 saturated heterocycles. The van der Waals surface area contributed by atoms with Crippen LogP contribution >= 0.6 is 15.9 Å². The lowest BCUT2D eigenvalue weighted by atomic mass is 9.99. The second kappa shape index (κ2) is 4.94. The van der Waals surface area contributed by atoms with E-state index in [0.717, 1.165) is 15.4 Å². The third-order valence-corrected chi connectivity index (χ3v) is 4.34. The summed E-state index contributed by atoms with van der Waals surface area (Å²) in [6.07, 6.45) is 3.32. The van der Waals surface area contributed by atoms with Crippen LogP contribution in [-0.2, 0) is 9.59 Å². The molecule has 3 aromatic rings. The third kappa shape index (κ3) is 1.97. The van der Waals surface area contributed by atoms with Gasteiger partial charge >= 0.3 is 0 Å². The summed E-state index contributed by atoms with van der Waals surface area (Å²) in [7, 11) is 0. The van der Waals surface area contributed by atoms with E-state index in [9.17, 15) is 14.8 Å². The van der Waals surface area contributed by atoms with Crippen LogP contribution in [0.2, 0.25) is 0 Å². The maximum absolute atomic E-state index is 12.4. The second-order valence-corrected chi connectivity index (χ2v) is 6.06. The van der Waals surface area contributed by atoms with Crippen LogP contribution in [0.25, 0.3) is 22.0 Å². The summed E-state index contributed by atoms with van der Waals surface area (Å²) < 4.78 is 0.852. The molecule has 2 aromatic heterocycles. The van der Waals surface area contributed by atoms with Gasteiger partial charge in [-0.15, -0.1) is 5.06 Å². The molecule has 23 heavy (non-hydrogen) atoms. The SMILES string of the molecule is O=C1C(c2ccc[nH]2)=C(c2c[nH]c3ccc(Br)cc23)C(=O)N1O. The number of fused-ring (bicyclic) bond motifs is 1. The van der Waals surface area contributed by atoms with Crippen LogP contribution in [0.5, 0.6) is 0 Å². The molecule has 7 heteroatoms. The zero-order valence-corrected chi connectivity index (χ0v) is 13.2. The summed E-state index contributed by atoms with van der Waals surface area (Å²) in [5.74, 6) is -1.47. The number of hydrogen-bond donors (Lipinski definition) is 3. The standard InChI is InChI=1S/C16H10BrN3O3/c17-8-3-4-11-9(6-8)10(7-19-11)13-14(12-2-1-5-18-12)16(22)20(23)15(13)21/h1-7,18-19,23H. The highest BCUT2D eigenvalue weighted by Gasteiger charge is 2.40. The minimum Gasteiger partial charge on any atom is -0.361 e. The molecule has 0 bridgehead atoms. The predicted octanol–water partition coefficient (Wildman–Crippen LogP) is 2.93. The highest BCUT2D eigenvalue weighted by molar-refractivity contribution is 9.10. The largest absolute Gasteiger partial charge is 0.361 e. The van der Waals surface area contributed by atoms with Crippen molar-refractivity contribution in [3.05, 3.63) is 58.5 Å². The molecule has 3 N–H and O–H groups in total. The summed E-state index contributed by atoms with van der Waals surface area (Å²) in [5.41, 5.74) is 2.21. The van der Waals surface area contributed by atoms with Crippen LogP contribution in [-0.4, -0.2) is 32.1 Å². The van der Waals surface area contributed by atoms with E-state index >= 15 is 0 Å². The highest BCUT2D eigenvalue weighted by Crippen LogP contribution is 2.37. The van der Waals surface area contributed by atoms with Crippen LogP contribution in [0, 0.1) is 0 Å². The van der Waals surface area contributed by atoms with Gasteiger partial charge in [0.2, 0.25) is 0 Å². The number of benzene rings is 1. The van der Waals surface area contributed by atoms with Crippen LogP contribution in [0.15, 0.2) is 47.2 Å². The zero-order valence-electron chi connectivity index (χ0n) is 11.6. The Balaban J connectivity index is 2.05. The molecule has 114 valence electrons. The molecule has 0 spiro atoms. The lowest BCUT2D eigenvalue weighted by Crippen LogP contribution is -2.27. The molecule has 0 saturated carbocycles. The van der Waals surface area contributed by atoms with Crippen molar-refractivity contribution in [3.63, 3.8) is 0 Å². The van der Waals surface area contributed by atoms with Crippen LogP contribution < -0.4 is 0 Å². The van der Waals surface area contributed by atoms with E-state index in [4.69, 9.17) is 0 Å². The van der Waals surface area contributed by atoms with Gasteiger partial charge in [0.05, 0.1) is 16.8 Å². The van der Waals surface area contributed by atoms with Crippen molar-refractivity contribution in [1.29, 1.82) is 0 Å². The molecule has 0 atom stereocenters. The minimum atomic E-state index is -0.739. The Labute approximate surface area is 138 Å². The predicted molar refractivity (Wildman–Crippen MR) is 87.2 cm³/mol. The summed E-state index contributed by atoms with van der Waals surface area (Å²) >= 11 is 3.40. The Morgan fingerprint density at radius 2 is 1.83 bits per heavy atom. The van der Waals surface area contributed by atoms with Crippen molar-refractivity contribution in [2.24, 2.45) is 0 Å². The maximum atomic E-state index is 12.4. The first-order valence-electron chi connectivity index (χ1n) is 6.80. The molecular weight excluding hydrogens is 362 g/mol. The lowest BCUT2D eigenvalue weighted by molar-refractivity contribution is -0.168. The molecule has 1 aliphatic heterocycles. The van der Waals surface area contributed by atoms with Crippen molar-refractivity contribution < 1.29 is 14.8 Å². The average Bonchev–Trinajstić information content (AvgIpc) is 3.23. The van der Waals surface area contributed by atoms with Gasteiger partial charge in [0.1, 0.15) is 0 Å². The number of halogens is 1. The van der Waals surface area contributed by atoms with Crippen LogP contribution in [0.4, 0.5) is 0 Å². The first kappa shape index (κ1) is 14.0. The molecule has 3 heterocycles. The number of aromatic nitrogens is 2. The third-order valence-electron chi connectivity index (χ3n) is 3.84. The Hall–Kier alpha value is -2.64. The van der Waals surface area contributed by atoms with Crippen molar-refractivity contribution in [3.8, 4) is 0 Å². The van der Waals surface area contributed by atoms with E-state index in [-0.39, 0.29) is 16.2 Å². The van der Waals surface area contributed by atoms with E-state index in [0.29, 0.717) is 11.3 Å². The van der Waals surface area contributed by atoms with Gasteiger partial charge in [-0.1, -0.05) is 15.9 Å². The van der Waals surface area contributed by atoms with E-state index in [1.165, 1.54) is 0 Å². The Bertz CT molecular complexity index is 985. The van der Waals surface area contributed by atoms with Gasteiger partial charge in [0.25, 0.3) is 11.8 Å². The fraction of sp³-hybridized carbons (Fsp3) is 0. The van der Waals surface area contributed by atoms with Gasteiger partial charge in [-0.05, 0) is 30.3 Å². The van der Waals surface area contributed by atoms with Crippen molar-refractivity contribution >= 4 is 49.8 Å². The van der Waals surface area contributed by atoms with Crippen molar-refractivity contribution in [2.75, 3.05) is 0 Å². The summed E-state index contributed by atoms with van der Waals surface area (Å²) in [6, 6.07) is 9.02. The lowest BCUT2D eigenvalue weighted by Gasteiger charge is -2.03. The smallest absolute Gasteiger partial charge is 0.287 e. The highest BCUT2D eigenvalue weighted by atomic mass is 79.9. The quantitative estimate of drug-likeness (QED) is 0.477. The van der Waals surface area contributed by atoms with E-state index in [1.54, 1.807) is 24.5 Å². The van der Waals surface area contributed by atoms with Gasteiger partial charge < -0.3 is 9.97 Å². The fourth-order valence-corrected chi connectivity index (χ4v) is 3.16. The molecule has 6 nitrogen and oxygen atoms in total. The average molecular weight is 372 g/mol.